The largest absolute Gasteiger partial charge is 0.339 e. The van der Waals surface area contributed by atoms with Gasteiger partial charge in [0.15, 0.2) is 5.82 Å². The molecule has 1 aliphatic carbocycles. The van der Waals surface area contributed by atoms with Crippen molar-refractivity contribution in [2.45, 2.75) is 43.9 Å². The van der Waals surface area contributed by atoms with E-state index in [9.17, 15) is 0 Å². The van der Waals surface area contributed by atoms with Crippen molar-refractivity contribution in [1.82, 2.24) is 15.5 Å². The Morgan fingerprint density at radius 2 is 1.95 bits per heavy atom. The van der Waals surface area contributed by atoms with Crippen LogP contribution in [0.15, 0.2) is 28.8 Å². The number of rotatable bonds is 2. The number of hydrogen-bond acceptors (Lipinski definition) is 4. The third-order valence-corrected chi connectivity index (χ3v) is 4.83. The number of nitrogens with one attached hydrogen (secondary N) is 1. The average molecular weight is 283 g/mol. The summed E-state index contributed by atoms with van der Waals surface area (Å²) in [6.07, 6.45) is 5.71. The van der Waals surface area contributed by atoms with Crippen molar-refractivity contribution < 1.29 is 4.52 Å². The van der Waals surface area contributed by atoms with E-state index in [-0.39, 0.29) is 5.92 Å². The van der Waals surface area contributed by atoms with Crippen molar-refractivity contribution in [2.24, 2.45) is 0 Å². The smallest absolute Gasteiger partial charge is 0.234 e. The molecule has 0 spiro atoms. The van der Waals surface area contributed by atoms with E-state index in [1.54, 1.807) is 0 Å². The zero-order valence-corrected chi connectivity index (χ0v) is 12.2. The molecule has 0 bridgehead atoms. The first-order chi connectivity index (χ1) is 10.4. The molecule has 4 heteroatoms. The average Bonchev–Trinajstić information content (AvgIpc) is 3.05. The highest BCUT2D eigenvalue weighted by molar-refractivity contribution is 5.35. The Bertz CT molecular complexity index is 616. The second kappa shape index (κ2) is 5.60. The molecule has 1 fully saturated rings. The molecule has 110 valence electrons. The number of piperidine rings is 1. The van der Waals surface area contributed by atoms with Crippen LogP contribution in [-0.4, -0.2) is 23.2 Å². The Morgan fingerprint density at radius 1 is 1.10 bits per heavy atom. The Balaban J connectivity index is 1.61. The molecule has 1 atom stereocenters. The number of aryl methyl sites for hydroxylation is 1. The number of nitrogens with zero attached hydrogens (tertiary/aromatic N) is 2. The molecular weight excluding hydrogens is 262 g/mol. The Labute approximate surface area is 124 Å². The van der Waals surface area contributed by atoms with Crippen molar-refractivity contribution >= 4 is 0 Å². The van der Waals surface area contributed by atoms with Crippen LogP contribution in [0, 0.1) is 0 Å². The summed E-state index contributed by atoms with van der Waals surface area (Å²) >= 11 is 0. The lowest BCUT2D eigenvalue weighted by molar-refractivity contribution is 0.343. The van der Waals surface area contributed by atoms with Crippen molar-refractivity contribution in [3.8, 4) is 0 Å². The highest BCUT2D eigenvalue weighted by Crippen LogP contribution is 2.36. The van der Waals surface area contributed by atoms with E-state index in [0.29, 0.717) is 5.92 Å². The summed E-state index contributed by atoms with van der Waals surface area (Å²) in [7, 11) is 0. The molecule has 4 rings (SSSR count). The Kier molecular flexibility index (Phi) is 3.47. The van der Waals surface area contributed by atoms with Gasteiger partial charge in [-0.3, -0.25) is 0 Å². The molecule has 1 N–H and O–H groups in total. The van der Waals surface area contributed by atoms with Crippen LogP contribution in [0.5, 0.6) is 0 Å². The van der Waals surface area contributed by atoms with Crippen LogP contribution in [0.1, 0.15) is 60.4 Å². The molecule has 1 saturated heterocycles. The topological polar surface area (TPSA) is 51.0 Å². The van der Waals surface area contributed by atoms with E-state index in [0.717, 1.165) is 44.1 Å². The molecule has 21 heavy (non-hydrogen) atoms. The van der Waals surface area contributed by atoms with Gasteiger partial charge in [0.1, 0.15) is 0 Å². The van der Waals surface area contributed by atoms with Crippen LogP contribution in [0.25, 0.3) is 0 Å². The Hall–Kier alpha value is -1.68. The minimum Gasteiger partial charge on any atom is -0.339 e. The van der Waals surface area contributed by atoms with Crippen LogP contribution in [0.2, 0.25) is 0 Å². The maximum absolute atomic E-state index is 5.63. The first kappa shape index (κ1) is 13.0. The second-order valence-corrected chi connectivity index (χ2v) is 6.16. The summed E-state index contributed by atoms with van der Waals surface area (Å²) < 4.78 is 5.63. The first-order valence-electron chi connectivity index (χ1n) is 8.04. The van der Waals surface area contributed by atoms with Crippen molar-refractivity contribution in [2.75, 3.05) is 13.1 Å². The molecule has 1 aromatic carbocycles. The molecule has 0 amide bonds. The van der Waals surface area contributed by atoms with E-state index < -0.39 is 0 Å². The van der Waals surface area contributed by atoms with Gasteiger partial charge in [-0.1, -0.05) is 29.4 Å². The summed E-state index contributed by atoms with van der Waals surface area (Å²) in [6, 6.07) is 8.68. The molecule has 2 aromatic rings. The standard InChI is InChI=1S/C17H21N3O/c1-2-6-14-12(4-1)5-3-7-15(14)17-19-16(20-21-17)13-8-10-18-11-9-13/h1-2,4,6,13,15,18H,3,5,7-11H2. The van der Waals surface area contributed by atoms with Crippen LogP contribution in [-0.2, 0) is 6.42 Å². The van der Waals surface area contributed by atoms with E-state index in [1.807, 2.05) is 0 Å². The van der Waals surface area contributed by atoms with Gasteiger partial charge in [0, 0.05) is 5.92 Å². The predicted molar refractivity (Wildman–Crippen MR) is 80.4 cm³/mol. The van der Waals surface area contributed by atoms with Crippen molar-refractivity contribution in [1.29, 1.82) is 0 Å². The molecule has 0 radical (unpaired) electrons. The summed E-state index contributed by atoms with van der Waals surface area (Å²) in [5, 5.41) is 7.66. The van der Waals surface area contributed by atoms with Gasteiger partial charge in [0.05, 0.1) is 5.92 Å². The molecule has 4 nitrogen and oxygen atoms in total. The van der Waals surface area contributed by atoms with E-state index in [4.69, 9.17) is 9.51 Å². The fourth-order valence-corrected chi connectivity index (χ4v) is 3.65. The zero-order chi connectivity index (χ0) is 14.1. The predicted octanol–water partition coefficient (Wildman–Crippen LogP) is 3.00. The molecule has 1 unspecified atom stereocenters. The summed E-state index contributed by atoms with van der Waals surface area (Å²) in [6.45, 7) is 2.11. The van der Waals surface area contributed by atoms with Crippen LogP contribution in [0.4, 0.5) is 0 Å². The van der Waals surface area contributed by atoms with E-state index in [2.05, 4.69) is 34.7 Å². The number of fused-ring (bicyclic) bond motifs is 1. The number of benzene rings is 1. The molecule has 2 aliphatic rings. The fourth-order valence-electron chi connectivity index (χ4n) is 3.65. The molecule has 0 saturated carbocycles. The van der Waals surface area contributed by atoms with Crippen LogP contribution < -0.4 is 5.32 Å². The minimum atomic E-state index is 0.290. The van der Waals surface area contributed by atoms with E-state index in [1.165, 1.54) is 24.0 Å². The van der Waals surface area contributed by atoms with E-state index >= 15 is 0 Å². The quantitative estimate of drug-likeness (QED) is 0.920. The summed E-state index contributed by atoms with van der Waals surface area (Å²) in [5.41, 5.74) is 2.82. The lowest BCUT2D eigenvalue weighted by Crippen LogP contribution is -2.27. The third kappa shape index (κ3) is 2.48. The maximum atomic E-state index is 5.63. The molecular formula is C17H21N3O. The highest BCUT2D eigenvalue weighted by Gasteiger charge is 2.28. The lowest BCUT2D eigenvalue weighted by Gasteiger charge is -2.22. The highest BCUT2D eigenvalue weighted by atomic mass is 16.5. The van der Waals surface area contributed by atoms with Crippen molar-refractivity contribution in [3.05, 3.63) is 47.1 Å². The minimum absolute atomic E-state index is 0.290. The second-order valence-electron chi connectivity index (χ2n) is 6.16. The van der Waals surface area contributed by atoms with Gasteiger partial charge in [0.25, 0.3) is 0 Å². The van der Waals surface area contributed by atoms with Gasteiger partial charge < -0.3 is 9.84 Å². The first-order valence-corrected chi connectivity index (χ1v) is 8.04. The summed E-state index contributed by atoms with van der Waals surface area (Å²) in [5.74, 6) is 2.48. The van der Waals surface area contributed by atoms with Crippen LogP contribution >= 0.6 is 0 Å². The van der Waals surface area contributed by atoms with Gasteiger partial charge in [-0.2, -0.15) is 4.98 Å². The molecule has 1 aromatic heterocycles. The SMILES string of the molecule is c1ccc2c(c1)CCCC2c1nc(C2CCNCC2)no1. The van der Waals surface area contributed by atoms with Gasteiger partial charge in [-0.15, -0.1) is 0 Å². The van der Waals surface area contributed by atoms with Gasteiger partial charge in [-0.25, -0.2) is 0 Å². The van der Waals surface area contributed by atoms with Gasteiger partial charge in [0.2, 0.25) is 5.89 Å². The lowest BCUT2D eigenvalue weighted by atomic mass is 9.83. The molecule has 2 heterocycles. The van der Waals surface area contributed by atoms with Gasteiger partial charge >= 0.3 is 0 Å². The molecule has 1 aliphatic heterocycles. The zero-order valence-electron chi connectivity index (χ0n) is 12.2. The summed E-state index contributed by atoms with van der Waals surface area (Å²) in [4.78, 5) is 4.75. The Morgan fingerprint density at radius 3 is 2.86 bits per heavy atom. The monoisotopic (exact) mass is 283 g/mol. The fraction of sp³-hybridized carbons (Fsp3) is 0.529. The third-order valence-electron chi connectivity index (χ3n) is 4.83. The van der Waals surface area contributed by atoms with Crippen molar-refractivity contribution in [3.63, 3.8) is 0 Å². The normalized spacial score (nSPS) is 23.0. The maximum Gasteiger partial charge on any atom is 0.234 e. The van der Waals surface area contributed by atoms with Gasteiger partial charge in [-0.05, 0) is 56.3 Å². The van der Waals surface area contributed by atoms with Crippen LogP contribution in [0.3, 0.4) is 0 Å². The number of hydrogen-bond donors (Lipinski definition) is 1. The number of aromatic nitrogens is 2.